The van der Waals surface area contributed by atoms with Gasteiger partial charge in [0.2, 0.25) is 0 Å². The van der Waals surface area contributed by atoms with Crippen LogP contribution in [0.3, 0.4) is 0 Å². The van der Waals surface area contributed by atoms with Crippen LogP contribution in [0, 0.1) is 10.8 Å². The summed E-state index contributed by atoms with van der Waals surface area (Å²) in [6.07, 6.45) is 1.19. The Morgan fingerprint density at radius 3 is 2.04 bits per heavy atom. The molecule has 0 bridgehead atoms. The van der Waals surface area contributed by atoms with E-state index in [1.54, 1.807) is 0 Å². The molecular formula is C12H27N7O5. The molecule has 2 unspecified atom stereocenters. The third-order valence-corrected chi connectivity index (χ3v) is 2.40. The monoisotopic (exact) mass is 349 g/mol. The lowest BCUT2D eigenvalue weighted by molar-refractivity contribution is -0.139. The second kappa shape index (κ2) is 14.2. The Hall–Kier alpha value is -2.44. The highest BCUT2D eigenvalue weighted by molar-refractivity contribution is 5.75. The number of hydrogen-bond acceptors (Lipinski definition) is 7. The van der Waals surface area contributed by atoms with Crippen molar-refractivity contribution in [1.29, 1.82) is 10.8 Å². The molecule has 0 saturated carbocycles. The van der Waals surface area contributed by atoms with Gasteiger partial charge in [0.05, 0.1) is 6.61 Å². The molecular weight excluding hydrogens is 322 g/mol. The van der Waals surface area contributed by atoms with Crippen molar-refractivity contribution in [3.8, 4) is 0 Å². The number of carboxylic acid groups (broad SMARTS) is 2. The third-order valence-electron chi connectivity index (χ3n) is 2.40. The van der Waals surface area contributed by atoms with E-state index in [2.05, 4.69) is 10.8 Å². The molecule has 0 amide bonds. The zero-order valence-electron chi connectivity index (χ0n) is 13.5. The highest BCUT2D eigenvalue weighted by Crippen LogP contribution is 1.92. The Balaban J connectivity index is 0. The van der Waals surface area contributed by atoms with E-state index in [1.807, 2.05) is 0 Å². The summed E-state index contributed by atoms with van der Waals surface area (Å²) < 4.78 is 0. The summed E-state index contributed by atoms with van der Waals surface area (Å²) in [4.78, 5) is 25.1. The molecule has 0 aliphatic carbocycles. The number of guanidine groups is 1. The highest BCUT2D eigenvalue weighted by Gasteiger charge is 2.10. The van der Waals surface area contributed by atoms with E-state index in [-0.39, 0.29) is 24.8 Å². The fourth-order valence-electron chi connectivity index (χ4n) is 1.14. The maximum Gasteiger partial charge on any atom is 0.320 e. The second-order valence-electron chi connectivity index (χ2n) is 4.74. The van der Waals surface area contributed by atoms with E-state index in [9.17, 15) is 9.59 Å². The SMILES string of the molecule is CC(=N)NOCCC(N)C(=O)O.N=C(N)NCCCC(N)C(=O)O. The molecule has 0 aromatic carbocycles. The number of carbonyl (C=O) groups is 2. The van der Waals surface area contributed by atoms with Gasteiger partial charge in [-0.25, -0.2) is 0 Å². The summed E-state index contributed by atoms with van der Waals surface area (Å²) in [6.45, 7) is 2.16. The number of nitrogens with one attached hydrogen (secondary N) is 4. The minimum absolute atomic E-state index is 0.112. The fraction of sp³-hybridized carbons (Fsp3) is 0.667. The van der Waals surface area contributed by atoms with Crippen molar-refractivity contribution < 1.29 is 24.6 Å². The normalized spacial score (nSPS) is 12.1. The summed E-state index contributed by atoms with van der Waals surface area (Å²) in [5.74, 6) is -2.00. The van der Waals surface area contributed by atoms with Gasteiger partial charge >= 0.3 is 11.9 Å². The largest absolute Gasteiger partial charge is 0.480 e. The molecule has 0 fully saturated rings. The number of nitrogens with two attached hydrogens (primary N) is 3. The van der Waals surface area contributed by atoms with Crippen molar-refractivity contribution in [2.75, 3.05) is 13.2 Å². The van der Waals surface area contributed by atoms with E-state index < -0.39 is 24.0 Å². The zero-order valence-corrected chi connectivity index (χ0v) is 13.5. The molecule has 24 heavy (non-hydrogen) atoms. The van der Waals surface area contributed by atoms with Gasteiger partial charge in [0, 0.05) is 6.54 Å². The van der Waals surface area contributed by atoms with Crippen LogP contribution in [0.4, 0.5) is 0 Å². The smallest absolute Gasteiger partial charge is 0.320 e. The molecule has 2 atom stereocenters. The van der Waals surface area contributed by atoms with E-state index in [4.69, 9.17) is 43.1 Å². The van der Waals surface area contributed by atoms with E-state index in [0.717, 1.165) is 0 Å². The molecule has 0 aromatic rings. The first-order chi connectivity index (χ1) is 11.1. The van der Waals surface area contributed by atoms with Crippen LogP contribution in [0.5, 0.6) is 0 Å². The average Bonchev–Trinajstić information content (AvgIpc) is 2.47. The highest BCUT2D eigenvalue weighted by atomic mass is 16.6. The number of aliphatic carboxylic acids is 2. The quantitative estimate of drug-likeness (QED) is 0.0907. The van der Waals surface area contributed by atoms with Crippen LogP contribution in [-0.4, -0.2) is 59.2 Å². The maximum absolute atomic E-state index is 10.2. The fourth-order valence-corrected chi connectivity index (χ4v) is 1.14. The van der Waals surface area contributed by atoms with E-state index in [0.29, 0.717) is 19.4 Å². The minimum atomic E-state index is -1.05. The van der Waals surface area contributed by atoms with Crippen molar-refractivity contribution in [3.63, 3.8) is 0 Å². The van der Waals surface area contributed by atoms with Crippen molar-refractivity contribution >= 4 is 23.7 Å². The van der Waals surface area contributed by atoms with Gasteiger partial charge in [0.15, 0.2) is 5.96 Å². The lowest BCUT2D eigenvalue weighted by atomic mass is 10.2. The van der Waals surface area contributed by atoms with Gasteiger partial charge in [-0.1, -0.05) is 0 Å². The van der Waals surface area contributed by atoms with Gasteiger partial charge in [-0.3, -0.25) is 30.7 Å². The van der Waals surface area contributed by atoms with Gasteiger partial charge in [-0.2, -0.15) is 0 Å². The standard InChI is InChI=1S/C6H14N4O2.C6H13N3O3/c7-4(5(11)12)2-1-3-10-6(8)9;1-4(7)9-12-3-2-5(8)6(10)11/h4H,1-3,7H2,(H,11,12)(H4,8,9,10);5H,2-3,8H2,1H3,(H2,7,9)(H,10,11). The van der Waals surface area contributed by atoms with Gasteiger partial charge in [0.1, 0.15) is 17.9 Å². The van der Waals surface area contributed by atoms with Crippen LogP contribution >= 0.6 is 0 Å². The molecule has 0 rings (SSSR count). The molecule has 0 aromatic heterocycles. The minimum Gasteiger partial charge on any atom is -0.480 e. The maximum atomic E-state index is 10.2. The first-order valence-corrected chi connectivity index (χ1v) is 7.05. The van der Waals surface area contributed by atoms with Crippen molar-refractivity contribution in [1.82, 2.24) is 10.8 Å². The van der Waals surface area contributed by atoms with Crippen LogP contribution in [-0.2, 0) is 14.4 Å². The molecule has 0 spiro atoms. The molecule has 0 radical (unpaired) electrons. The van der Waals surface area contributed by atoms with Crippen LogP contribution in [0.15, 0.2) is 0 Å². The first-order valence-electron chi connectivity index (χ1n) is 7.05. The molecule has 12 nitrogen and oxygen atoms in total. The van der Waals surface area contributed by atoms with E-state index >= 15 is 0 Å². The summed E-state index contributed by atoms with van der Waals surface area (Å²) >= 11 is 0. The molecule has 0 heterocycles. The molecule has 140 valence electrons. The zero-order chi connectivity index (χ0) is 19.1. The number of hydroxylamine groups is 1. The molecule has 12 N–H and O–H groups in total. The van der Waals surface area contributed by atoms with Gasteiger partial charge in [-0.15, -0.1) is 0 Å². The molecule has 12 heteroatoms. The van der Waals surface area contributed by atoms with Crippen molar-refractivity contribution in [2.45, 2.75) is 38.3 Å². The Labute approximate surface area is 139 Å². The third kappa shape index (κ3) is 17.6. The number of carboxylic acids is 2. The number of rotatable bonds is 10. The topological polar surface area (TPSA) is 234 Å². The van der Waals surface area contributed by atoms with E-state index in [1.165, 1.54) is 6.92 Å². The van der Waals surface area contributed by atoms with Crippen LogP contribution in [0.2, 0.25) is 0 Å². The van der Waals surface area contributed by atoms with Gasteiger partial charge < -0.3 is 32.7 Å². The molecule has 0 saturated heterocycles. The molecule has 0 aliphatic rings. The number of amidine groups is 1. The Morgan fingerprint density at radius 1 is 1.12 bits per heavy atom. The van der Waals surface area contributed by atoms with Crippen molar-refractivity contribution in [3.05, 3.63) is 0 Å². The molecule has 0 aliphatic heterocycles. The van der Waals surface area contributed by atoms with Crippen molar-refractivity contribution in [2.24, 2.45) is 17.2 Å². The van der Waals surface area contributed by atoms with Crippen LogP contribution < -0.4 is 28.0 Å². The average molecular weight is 349 g/mol. The van der Waals surface area contributed by atoms with Crippen LogP contribution in [0.25, 0.3) is 0 Å². The Kier molecular flexibility index (Phi) is 14.1. The first kappa shape index (κ1) is 23.8. The lowest BCUT2D eigenvalue weighted by Crippen LogP contribution is -2.34. The van der Waals surface area contributed by atoms with Crippen LogP contribution in [0.1, 0.15) is 26.2 Å². The predicted molar refractivity (Wildman–Crippen MR) is 87.5 cm³/mol. The summed E-state index contributed by atoms with van der Waals surface area (Å²) in [7, 11) is 0. The Morgan fingerprint density at radius 2 is 1.62 bits per heavy atom. The summed E-state index contributed by atoms with van der Waals surface area (Å²) in [6, 6.07) is -1.73. The summed E-state index contributed by atoms with van der Waals surface area (Å²) in [5, 5.41) is 32.9. The van der Waals surface area contributed by atoms with Gasteiger partial charge in [-0.05, 0) is 26.2 Å². The summed E-state index contributed by atoms with van der Waals surface area (Å²) in [5.41, 5.74) is 17.7. The number of hydrogen-bond donors (Lipinski definition) is 9. The predicted octanol–water partition coefficient (Wildman–Crippen LogP) is -2.03. The Bertz CT molecular complexity index is 381. The second-order valence-corrected chi connectivity index (χ2v) is 4.74. The van der Waals surface area contributed by atoms with Gasteiger partial charge in [0.25, 0.3) is 0 Å². The lowest BCUT2D eigenvalue weighted by Gasteiger charge is -2.07.